The summed E-state index contributed by atoms with van der Waals surface area (Å²) in [4.78, 5) is 2.77. The van der Waals surface area contributed by atoms with Gasteiger partial charge in [-0.2, -0.15) is 0 Å². The molecule has 2 saturated carbocycles. The molecule has 0 aromatic rings. The largest absolute Gasteiger partial charge is 0.330 e. The Morgan fingerprint density at radius 1 is 1.05 bits per heavy atom. The SMILES string of the molecule is CCN(CC1(CN)CCC(C)CC1)C1CCCCC1. The Morgan fingerprint density at radius 2 is 1.68 bits per heavy atom. The van der Waals surface area contributed by atoms with Crippen molar-refractivity contribution in [2.75, 3.05) is 19.6 Å². The monoisotopic (exact) mass is 266 g/mol. The maximum absolute atomic E-state index is 6.19. The lowest BCUT2D eigenvalue weighted by Crippen LogP contribution is -2.48. The van der Waals surface area contributed by atoms with Gasteiger partial charge in [0, 0.05) is 12.6 Å². The standard InChI is InChI=1S/C17H34N2/c1-3-19(16-7-5-4-6-8-16)14-17(13-18)11-9-15(2)10-12-17/h15-16H,3-14,18H2,1-2H3. The van der Waals surface area contributed by atoms with Crippen molar-refractivity contribution in [1.29, 1.82) is 0 Å². The molecule has 19 heavy (non-hydrogen) atoms. The third-order valence-corrected chi connectivity index (χ3v) is 5.80. The first-order valence-electron chi connectivity index (χ1n) is 8.63. The van der Waals surface area contributed by atoms with E-state index in [9.17, 15) is 0 Å². The third kappa shape index (κ3) is 3.95. The Balaban J connectivity index is 1.94. The van der Waals surface area contributed by atoms with Crippen LogP contribution in [0.5, 0.6) is 0 Å². The van der Waals surface area contributed by atoms with E-state index in [2.05, 4.69) is 18.7 Å². The lowest BCUT2D eigenvalue weighted by atomic mass is 9.70. The van der Waals surface area contributed by atoms with E-state index in [0.717, 1.165) is 18.5 Å². The maximum atomic E-state index is 6.19. The Labute approximate surface area is 120 Å². The van der Waals surface area contributed by atoms with Gasteiger partial charge in [-0.15, -0.1) is 0 Å². The highest BCUT2D eigenvalue weighted by Gasteiger charge is 2.36. The van der Waals surface area contributed by atoms with Gasteiger partial charge in [-0.1, -0.05) is 46.0 Å². The van der Waals surface area contributed by atoms with Crippen molar-refractivity contribution in [2.24, 2.45) is 17.1 Å². The van der Waals surface area contributed by atoms with E-state index in [1.54, 1.807) is 0 Å². The summed E-state index contributed by atoms with van der Waals surface area (Å²) in [6.07, 6.45) is 12.7. The van der Waals surface area contributed by atoms with Crippen molar-refractivity contribution in [3.63, 3.8) is 0 Å². The first-order chi connectivity index (χ1) is 9.19. The minimum Gasteiger partial charge on any atom is -0.330 e. The molecule has 0 bridgehead atoms. The van der Waals surface area contributed by atoms with Crippen molar-refractivity contribution >= 4 is 0 Å². The highest BCUT2D eigenvalue weighted by atomic mass is 15.2. The van der Waals surface area contributed by atoms with E-state index in [4.69, 9.17) is 5.73 Å². The van der Waals surface area contributed by atoms with Crippen molar-refractivity contribution in [1.82, 2.24) is 4.90 Å². The molecule has 2 N–H and O–H groups in total. The van der Waals surface area contributed by atoms with Gasteiger partial charge in [0.2, 0.25) is 0 Å². The molecule has 0 radical (unpaired) electrons. The summed E-state index contributed by atoms with van der Waals surface area (Å²) in [5, 5.41) is 0. The Morgan fingerprint density at radius 3 is 2.21 bits per heavy atom. The van der Waals surface area contributed by atoms with Gasteiger partial charge < -0.3 is 10.6 Å². The van der Waals surface area contributed by atoms with Crippen LogP contribution in [0.25, 0.3) is 0 Å². The predicted molar refractivity (Wildman–Crippen MR) is 83.2 cm³/mol. The number of rotatable bonds is 5. The zero-order valence-electron chi connectivity index (χ0n) is 13.2. The summed E-state index contributed by atoms with van der Waals surface area (Å²) < 4.78 is 0. The molecular formula is C17H34N2. The third-order valence-electron chi connectivity index (χ3n) is 5.80. The number of hydrogen-bond acceptors (Lipinski definition) is 2. The van der Waals surface area contributed by atoms with Crippen LogP contribution in [0.4, 0.5) is 0 Å². The predicted octanol–water partition coefficient (Wildman–Crippen LogP) is 3.80. The van der Waals surface area contributed by atoms with Gasteiger partial charge in [0.05, 0.1) is 0 Å². The minimum atomic E-state index is 0.431. The van der Waals surface area contributed by atoms with Crippen molar-refractivity contribution in [3.8, 4) is 0 Å². The number of hydrogen-bond donors (Lipinski definition) is 1. The van der Waals surface area contributed by atoms with Crippen LogP contribution in [0.3, 0.4) is 0 Å². The first-order valence-corrected chi connectivity index (χ1v) is 8.63. The number of nitrogens with two attached hydrogens (primary N) is 1. The molecule has 2 nitrogen and oxygen atoms in total. The van der Waals surface area contributed by atoms with E-state index in [-0.39, 0.29) is 0 Å². The van der Waals surface area contributed by atoms with Crippen LogP contribution in [0.1, 0.15) is 71.6 Å². The van der Waals surface area contributed by atoms with E-state index in [1.165, 1.54) is 70.9 Å². The molecule has 0 atom stereocenters. The quantitative estimate of drug-likeness (QED) is 0.820. The van der Waals surface area contributed by atoms with Gasteiger partial charge in [-0.3, -0.25) is 0 Å². The fraction of sp³-hybridized carbons (Fsp3) is 1.00. The molecule has 0 amide bonds. The zero-order valence-corrected chi connectivity index (χ0v) is 13.2. The summed E-state index contributed by atoms with van der Waals surface area (Å²) >= 11 is 0. The Kier molecular flexibility index (Phi) is 5.70. The van der Waals surface area contributed by atoms with E-state index < -0.39 is 0 Å². The van der Waals surface area contributed by atoms with Crippen molar-refractivity contribution in [2.45, 2.75) is 77.7 Å². The fourth-order valence-electron chi connectivity index (χ4n) is 4.18. The van der Waals surface area contributed by atoms with Crippen molar-refractivity contribution in [3.05, 3.63) is 0 Å². The van der Waals surface area contributed by atoms with Gasteiger partial charge in [-0.25, -0.2) is 0 Å². The molecule has 2 fully saturated rings. The normalized spacial score (nSPS) is 33.8. The molecule has 0 heterocycles. The minimum absolute atomic E-state index is 0.431. The number of nitrogens with zero attached hydrogens (tertiary/aromatic N) is 1. The second-order valence-electron chi connectivity index (χ2n) is 7.24. The van der Waals surface area contributed by atoms with Gasteiger partial charge in [0.15, 0.2) is 0 Å². The van der Waals surface area contributed by atoms with Gasteiger partial charge in [0.1, 0.15) is 0 Å². The smallest absolute Gasteiger partial charge is 0.00953 e. The van der Waals surface area contributed by atoms with Gasteiger partial charge in [0.25, 0.3) is 0 Å². The molecule has 2 heteroatoms. The maximum Gasteiger partial charge on any atom is 0.00953 e. The highest BCUT2D eigenvalue weighted by molar-refractivity contribution is 4.90. The van der Waals surface area contributed by atoms with Crippen LogP contribution in [0, 0.1) is 11.3 Å². The molecule has 0 unspecified atom stereocenters. The zero-order chi connectivity index (χ0) is 13.7. The molecule has 0 aromatic heterocycles. The molecule has 0 aromatic carbocycles. The fourth-order valence-corrected chi connectivity index (χ4v) is 4.18. The highest BCUT2D eigenvalue weighted by Crippen LogP contribution is 2.39. The molecule has 112 valence electrons. The lowest BCUT2D eigenvalue weighted by Gasteiger charge is -2.45. The van der Waals surface area contributed by atoms with Crippen LogP contribution < -0.4 is 5.73 Å². The van der Waals surface area contributed by atoms with Gasteiger partial charge in [-0.05, 0) is 50.1 Å². The van der Waals surface area contributed by atoms with Gasteiger partial charge >= 0.3 is 0 Å². The molecule has 0 aliphatic heterocycles. The van der Waals surface area contributed by atoms with Crippen LogP contribution in [-0.2, 0) is 0 Å². The van der Waals surface area contributed by atoms with E-state index in [1.807, 2.05) is 0 Å². The average Bonchev–Trinajstić information content (AvgIpc) is 2.48. The summed E-state index contributed by atoms with van der Waals surface area (Å²) in [5.74, 6) is 0.921. The molecular weight excluding hydrogens is 232 g/mol. The van der Waals surface area contributed by atoms with Crippen LogP contribution in [-0.4, -0.2) is 30.6 Å². The lowest BCUT2D eigenvalue weighted by molar-refractivity contribution is 0.0605. The van der Waals surface area contributed by atoms with E-state index in [0.29, 0.717) is 5.41 Å². The van der Waals surface area contributed by atoms with Crippen LogP contribution in [0.2, 0.25) is 0 Å². The Hall–Kier alpha value is -0.0800. The molecule has 0 spiro atoms. The molecule has 2 aliphatic carbocycles. The Bertz CT molecular complexity index is 250. The second kappa shape index (κ2) is 7.08. The summed E-state index contributed by atoms with van der Waals surface area (Å²) in [6.45, 7) is 8.10. The van der Waals surface area contributed by atoms with Crippen LogP contribution in [0.15, 0.2) is 0 Å². The summed E-state index contributed by atoms with van der Waals surface area (Å²) in [7, 11) is 0. The molecule has 2 aliphatic rings. The summed E-state index contributed by atoms with van der Waals surface area (Å²) in [6, 6.07) is 0.849. The topological polar surface area (TPSA) is 29.3 Å². The van der Waals surface area contributed by atoms with Crippen molar-refractivity contribution < 1.29 is 0 Å². The molecule has 0 saturated heterocycles. The van der Waals surface area contributed by atoms with Crippen LogP contribution >= 0.6 is 0 Å². The average molecular weight is 266 g/mol. The second-order valence-corrected chi connectivity index (χ2v) is 7.24. The summed E-state index contributed by atoms with van der Waals surface area (Å²) in [5.41, 5.74) is 6.62. The first kappa shape index (κ1) is 15.3. The van der Waals surface area contributed by atoms with E-state index >= 15 is 0 Å². The molecule has 2 rings (SSSR count).